The maximum Gasteiger partial charge on any atom is 0.240 e. The van der Waals surface area contributed by atoms with Gasteiger partial charge in [-0.3, -0.25) is 9.48 Å². The number of rotatable bonds is 5. The standard InChI is InChI=1S/C17H22N4O/c18-17(8-4-5-9-17)16(22)19-10-15-11-20-21(13-15)12-14-6-2-1-3-7-14/h1-3,6-7,11,13H,4-5,8-10,12,18H2,(H,19,22). The summed E-state index contributed by atoms with van der Waals surface area (Å²) in [6.07, 6.45) is 7.40. The average Bonchev–Trinajstić information content (AvgIpc) is 3.16. The fourth-order valence-electron chi connectivity index (χ4n) is 2.95. The molecule has 0 unspecified atom stereocenters. The molecule has 1 aliphatic carbocycles. The summed E-state index contributed by atoms with van der Waals surface area (Å²) in [5.74, 6) is -0.0409. The van der Waals surface area contributed by atoms with E-state index >= 15 is 0 Å². The van der Waals surface area contributed by atoms with Crippen LogP contribution in [0.5, 0.6) is 0 Å². The van der Waals surface area contributed by atoms with Gasteiger partial charge in [0, 0.05) is 18.3 Å². The summed E-state index contributed by atoms with van der Waals surface area (Å²) in [6, 6.07) is 10.2. The van der Waals surface area contributed by atoms with Crippen LogP contribution in [0, 0.1) is 0 Å². The minimum absolute atomic E-state index is 0.0409. The fourth-order valence-corrected chi connectivity index (χ4v) is 2.95. The lowest BCUT2D eigenvalue weighted by Crippen LogP contribution is -2.51. The molecule has 0 saturated heterocycles. The fraction of sp³-hybridized carbons (Fsp3) is 0.412. The van der Waals surface area contributed by atoms with Gasteiger partial charge in [0.05, 0.1) is 18.3 Å². The molecule has 116 valence electrons. The predicted octanol–water partition coefficient (Wildman–Crippen LogP) is 1.82. The van der Waals surface area contributed by atoms with Gasteiger partial charge in [0.1, 0.15) is 0 Å². The van der Waals surface area contributed by atoms with Gasteiger partial charge in [0.25, 0.3) is 0 Å². The lowest BCUT2D eigenvalue weighted by Gasteiger charge is -2.21. The number of carbonyl (C=O) groups is 1. The number of benzene rings is 1. The van der Waals surface area contributed by atoms with E-state index < -0.39 is 5.54 Å². The molecule has 1 aromatic carbocycles. The zero-order valence-corrected chi connectivity index (χ0v) is 12.7. The Balaban J connectivity index is 1.55. The molecule has 0 bridgehead atoms. The summed E-state index contributed by atoms with van der Waals surface area (Å²) in [7, 11) is 0. The van der Waals surface area contributed by atoms with Crippen molar-refractivity contribution in [3.63, 3.8) is 0 Å². The van der Waals surface area contributed by atoms with E-state index in [9.17, 15) is 4.79 Å². The third kappa shape index (κ3) is 3.36. The summed E-state index contributed by atoms with van der Waals surface area (Å²) < 4.78 is 1.88. The average molecular weight is 298 g/mol. The molecular formula is C17H22N4O. The van der Waals surface area contributed by atoms with Crippen molar-refractivity contribution in [3.8, 4) is 0 Å². The lowest BCUT2D eigenvalue weighted by molar-refractivity contribution is -0.126. The van der Waals surface area contributed by atoms with Crippen LogP contribution in [-0.2, 0) is 17.9 Å². The Labute approximate surface area is 130 Å². The SMILES string of the molecule is NC1(C(=O)NCc2cnn(Cc3ccccc3)c2)CCCC1. The largest absolute Gasteiger partial charge is 0.350 e. The highest BCUT2D eigenvalue weighted by Crippen LogP contribution is 2.27. The third-order valence-electron chi connectivity index (χ3n) is 4.28. The Kier molecular flexibility index (Phi) is 4.24. The Morgan fingerprint density at radius 3 is 2.68 bits per heavy atom. The van der Waals surface area contributed by atoms with Crippen molar-refractivity contribution in [1.82, 2.24) is 15.1 Å². The van der Waals surface area contributed by atoms with Crippen molar-refractivity contribution in [3.05, 3.63) is 53.9 Å². The molecule has 1 aromatic heterocycles. The van der Waals surface area contributed by atoms with Gasteiger partial charge in [-0.05, 0) is 18.4 Å². The Hall–Kier alpha value is -2.14. The van der Waals surface area contributed by atoms with Crippen LogP contribution in [0.1, 0.15) is 36.8 Å². The van der Waals surface area contributed by atoms with Gasteiger partial charge in [0.15, 0.2) is 0 Å². The van der Waals surface area contributed by atoms with Crippen molar-refractivity contribution >= 4 is 5.91 Å². The molecule has 1 amide bonds. The van der Waals surface area contributed by atoms with Gasteiger partial charge in [-0.15, -0.1) is 0 Å². The van der Waals surface area contributed by atoms with Crippen LogP contribution < -0.4 is 11.1 Å². The van der Waals surface area contributed by atoms with Gasteiger partial charge in [-0.1, -0.05) is 43.2 Å². The summed E-state index contributed by atoms with van der Waals surface area (Å²) >= 11 is 0. The molecule has 5 nitrogen and oxygen atoms in total. The van der Waals surface area contributed by atoms with Crippen molar-refractivity contribution in [2.75, 3.05) is 0 Å². The molecule has 22 heavy (non-hydrogen) atoms. The number of hydrogen-bond donors (Lipinski definition) is 2. The molecule has 1 fully saturated rings. The molecule has 3 rings (SSSR count). The van der Waals surface area contributed by atoms with Gasteiger partial charge in [-0.25, -0.2) is 0 Å². The number of nitrogens with zero attached hydrogens (tertiary/aromatic N) is 2. The molecule has 5 heteroatoms. The number of aromatic nitrogens is 2. The van der Waals surface area contributed by atoms with E-state index in [0.29, 0.717) is 6.54 Å². The van der Waals surface area contributed by atoms with Crippen LogP contribution in [-0.4, -0.2) is 21.2 Å². The van der Waals surface area contributed by atoms with Crippen LogP contribution in [0.3, 0.4) is 0 Å². The van der Waals surface area contributed by atoms with Crippen LogP contribution in [0.15, 0.2) is 42.7 Å². The Bertz CT molecular complexity index is 629. The highest BCUT2D eigenvalue weighted by atomic mass is 16.2. The van der Waals surface area contributed by atoms with E-state index in [4.69, 9.17) is 5.73 Å². The van der Waals surface area contributed by atoms with E-state index in [1.807, 2.05) is 29.1 Å². The van der Waals surface area contributed by atoms with Crippen molar-refractivity contribution in [1.29, 1.82) is 0 Å². The van der Waals surface area contributed by atoms with Crippen molar-refractivity contribution < 1.29 is 4.79 Å². The second-order valence-electron chi connectivity index (χ2n) is 6.08. The molecule has 1 saturated carbocycles. The summed E-state index contributed by atoms with van der Waals surface area (Å²) in [6.45, 7) is 1.21. The third-order valence-corrected chi connectivity index (χ3v) is 4.28. The highest BCUT2D eigenvalue weighted by Gasteiger charge is 2.36. The van der Waals surface area contributed by atoms with Crippen LogP contribution in [0.4, 0.5) is 0 Å². The van der Waals surface area contributed by atoms with Crippen LogP contribution in [0.2, 0.25) is 0 Å². The van der Waals surface area contributed by atoms with Gasteiger partial charge in [-0.2, -0.15) is 5.10 Å². The minimum atomic E-state index is -0.667. The number of nitrogens with two attached hydrogens (primary N) is 1. The maximum absolute atomic E-state index is 12.2. The van der Waals surface area contributed by atoms with Crippen molar-refractivity contribution in [2.24, 2.45) is 5.73 Å². The van der Waals surface area contributed by atoms with Crippen molar-refractivity contribution in [2.45, 2.75) is 44.3 Å². The first-order valence-electron chi connectivity index (χ1n) is 7.78. The number of hydrogen-bond acceptors (Lipinski definition) is 3. The normalized spacial score (nSPS) is 16.6. The Morgan fingerprint density at radius 2 is 1.95 bits per heavy atom. The van der Waals surface area contributed by atoms with E-state index in [2.05, 4.69) is 22.5 Å². The molecule has 1 heterocycles. The monoisotopic (exact) mass is 298 g/mol. The van der Waals surface area contributed by atoms with Crippen LogP contribution >= 0.6 is 0 Å². The smallest absolute Gasteiger partial charge is 0.240 e. The molecule has 2 aromatic rings. The summed E-state index contributed by atoms with van der Waals surface area (Å²) in [5, 5.41) is 7.28. The van der Waals surface area contributed by atoms with E-state index in [0.717, 1.165) is 37.8 Å². The summed E-state index contributed by atoms with van der Waals surface area (Å²) in [4.78, 5) is 12.2. The maximum atomic E-state index is 12.2. The zero-order valence-electron chi connectivity index (χ0n) is 12.7. The number of nitrogens with one attached hydrogen (secondary N) is 1. The summed E-state index contributed by atoms with van der Waals surface area (Å²) in [5.41, 5.74) is 7.67. The molecule has 0 atom stereocenters. The second-order valence-corrected chi connectivity index (χ2v) is 6.08. The first kappa shape index (κ1) is 14.8. The lowest BCUT2D eigenvalue weighted by atomic mass is 9.98. The molecule has 0 spiro atoms. The topological polar surface area (TPSA) is 72.9 Å². The van der Waals surface area contributed by atoms with E-state index in [1.165, 1.54) is 5.56 Å². The molecule has 0 aliphatic heterocycles. The first-order chi connectivity index (χ1) is 10.7. The van der Waals surface area contributed by atoms with Gasteiger partial charge >= 0.3 is 0 Å². The number of amides is 1. The quantitative estimate of drug-likeness (QED) is 0.884. The second kappa shape index (κ2) is 6.32. The Morgan fingerprint density at radius 1 is 1.23 bits per heavy atom. The molecule has 1 aliphatic rings. The minimum Gasteiger partial charge on any atom is -0.350 e. The van der Waals surface area contributed by atoms with E-state index in [-0.39, 0.29) is 5.91 Å². The van der Waals surface area contributed by atoms with Crippen LogP contribution in [0.25, 0.3) is 0 Å². The highest BCUT2D eigenvalue weighted by molar-refractivity contribution is 5.86. The van der Waals surface area contributed by atoms with Gasteiger partial charge < -0.3 is 11.1 Å². The number of carbonyl (C=O) groups excluding carboxylic acids is 1. The predicted molar refractivity (Wildman–Crippen MR) is 85.0 cm³/mol. The molecular weight excluding hydrogens is 276 g/mol. The van der Waals surface area contributed by atoms with E-state index in [1.54, 1.807) is 6.20 Å². The molecule has 3 N–H and O–H groups in total. The molecule has 0 radical (unpaired) electrons. The van der Waals surface area contributed by atoms with Gasteiger partial charge in [0.2, 0.25) is 5.91 Å². The zero-order chi connectivity index (χ0) is 15.4. The first-order valence-corrected chi connectivity index (χ1v) is 7.78.